The molecular weight excluding hydrogens is 234 g/mol. The third-order valence-electron chi connectivity index (χ3n) is 2.74. The topological polar surface area (TPSA) is 41.6 Å². The van der Waals surface area contributed by atoms with Crippen molar-refractivity contribution in [3.05, 3.63) is 59.3 Å². The molecule has 4 heteroatoms. The monoisotopic (exact) mass is 243 g/mol. The Hall–Kier alpha value is -1.87. The van der Waals surface area contributed by atoms with E-state index in [9.17, 15) is 0 Å². The second-order valence-electron chi connectivity index (χ2n) is 3.90. The van der Waals surface area contributed by atoms with Crippen LogP contribution in [0.5, 0.6) is 0 Å². The van der Waals surface area contributed by atoms with E-state index in [1.165, 1.54) is 10.9 Å². The van der Waals surface area contributed by atoms with Gasteiger partial charge in [0, 0.05) is 35.9 Å². The number of nitrogens with one attached hydrogen (secondary N) is 1. The normalized spacial score (nSPS) is 10.9. The molecule has 1 aromatic carbocycles. The average Bonchev–Trinajstić information content (AvgIpc) is 2.76. The summed E-state index contributed by atoms with van der Waals surface area (Å²) in [5.41, 5.74) is 3.45. The van der Waals surface area contributed by atoms with Crippen LogP contribution in [0.2, 0.25) is 5.28 Å². The lowest BCUT2D eigenvalue weighted by Gasteiger charge is -1.99. The van der Waals surface area contributed by atoms with Crippen molar-refractivity contribution in [3.8, 4) is 0 Å². The Kier molecular flexibility index (Phi) is 2.53. The SMILES string of the molecule is Clc1ncc(Cc2c[nH]c3ccccc23)cn1. The largest absolute Gasteiger partial charge is 0.361 e. The number of benzene rings is 1. The number of hydrogen-bond acceptors (Lipinski definition) is 2. The van der Waals surface area contributed by atoms with Crippen molar-refractivity contribution in [3.63, 3.8) is 0 Å². The number of para-hydroxylation sites is 1. The summed E-state index contributed by atoms with van der Waals surface area (Å²) >= 11 is 5.66. The Morgan fingerprint density at radius 2 is 1.88 bits per heavy atom. The predicted octanol–water partition coefficient (Wildman–Crippen LogP) is 3.20. The molecule has 2 heterocycles. The number of nitrogens with zero attached hydrogens (tertiary/aromatic N) is 2. The quantitative estimate of drug-likeness (QED) is 0.703. The summed E-state index contributed by atoms with van der Waals surface area (Å²) in [6, 6.07) is 8.24. The van der Waals surface area contributed by atoms with Crippen molar-refractivity contribution in [1.82, 2.24) is 15.0 Å². The van der Waals surface area contributed by atoms with E-state index < -0.39 is 0 Å². The number of aromatic amines is 1. The van der Waals surface area contributed by atoms with E-state index >= 15 is 0 Å². The van der Waals surface area contributed by atoms with E-state index in [-0.39, 0.29) is 5.28 Å². The van der Waals surface area contributed by atoms with Crippen LogP contribution in [0.4, 0.5) is 0 Å². The van der Waals surface area contributed by atoms with Crippen LogP contribution >= 0.6 is 11.6 Å². The fourth-order valence-corrected chi connectivity index (χ4v) is 2.03. The Balaban J connectivity index is 1.97. The minimum Gasteiger partial charge on any atom is -0.361 e. The van der Waals surface area contributed by atoms with Crippen LogP contribution in [-0.4, -0.2) is 15.0 Å². The van der Waals surface area contributed by atoms with Gasteiger partial charge in [0.05, 0.1) is 0 Å². The van der Waals surface area contributed by atoms with Gasteiger partial charge in [-0.3, -0.25) is 0 Å². The molecule has 0 radical (unpaired) electrons. The second-order valence-corrected chi connectivity index (χ2v) is 4.23. The van der Waals surface area contributed by atoms with E-state index in [0.29, 0.717) is 0 Å². The molecule has 0 saturated heterocycles. The van der Waals surface area contributed by atoms with Crippen molar-refractivity contribution in [2.75, 3.05) is 0 Å². The Morgan fingerprint density at radius 3 is 2.71 bits per heavy atom. The molecule has 17 heavy (non-hydrogen) atoms. The van der Waals surface area contributed by atoms with Crippen molar-refractivity contribution >= 4 is 22.5 Å². The number of rotatable bonds is 2. The smallest absolute Gasteiger partial charge is 0.222 e. The highest BCUT2D eigenvalue weighted by Crippen LogP contribution is 2.20. The number of halogens is 1. The lowest BCUT2D eigenvalue weighted by Crippen LogP contribution is -1.90. The molecular formula is C13H10ClN3. The highest BCUT2D eigenvalue weighted by molar-refractivity contribution is 6.28. The summed E-state index contributed by atoms with van der Waals surface area (Å²) in [5, 5.41) is 1.52. The molecule has 3 rings (SSSR count). The van der Waals surface area contributed by atoms with Gasteiger partial charge in [-0.1, -0.05) is 18.2 Å². The lowest BCUT2D eigenvalue weighted by molar-refractivity contribution is 1.08. The molecule has 0 aliphatic carbocycles. The molecule has 1 N–H and O–H groups in total. The van der Waals surface area contributed by atoms with Gasteiger partial charge in [-0.2, -0.15) is 0 Å². The highest BCUT2D eigenvalue weighted by atomic mass is 35.5. The van der Waals surface area contributed by atoms with Gasteiger partial charge in [0.25, 0.3) is 0 Å². The Morgan fingerprint density at radius 1 is 1.12 bits per heavy atom. The number of H-pyrrole nitrogens is 1. The molecule has 0 bridgehead atoms. The molecule has 0 atom stereocenters. The van der Waals surface area contributed by atoms with E-state index in [4.69, 9.17) is 11.6 Å². The molecule has 0 unspecified atom stereocenters. The van der Waals surface area contributed by atoms with Crippen LogP contribution in [0.1, 0.15) is 11.1 Å². The van der Waals surface area contributed by atoms with Crippen LogP contribution < -0.4 is 0 Å². The molecule has 84 valence electrons. The van der Waals surface area contributed by atoms with Crippen LogP contribution in [0, 0.1) is 0 Å². The first-order valence-corrected chi connectivity index (χ1v) is 5.72. The fraction of sp³-hybridized carbons (Fsp3) is 0.0769. The molecule has 2 aromatic heterocycles. The molecule has 0 saturated carbocycles. The van der Waals surface area contributed by atoms with Gasteiger partial charge >= 0.3 is 0 Å². The van der Waals surface area contributed by atoms with Gasteiger partial charge in [-0.15, -0.1) is 0 Å². The maximum absolute atomic E-state index is 5.66. The summed E-state index contributed by atoms with van der Waals surface area (Å²) in [7, 11) is 0. The average molecular weight is 244 g/mol. The molecule has 0 aliphatic heterocycles. The molecule has 0 fully saturated rings. The van der Waals surface area contributed by atoms with Gasteiger partial charge in [-0.05, 0) is 28.8 Å². The first-order valence-electron chi connectivity index (χ1n) is 5.34. The number of fused-ring (bicyclic) bond motifs is 1. The van der Waals surface area contributed by atoms with E-state index in [0.717, 1.165) is 17.5 Å². The van der Waals surface area contributed by atoms with Crippen molar-refractivity contribution in [2.45, 2.75) is 6.42 Å². The predicted molar refractivity (Wildman–Crippen MR) is 68.1 cm³/mol. The molecule has 3 nitrogen and oxygen atoms in total. The van der Waals surface area contributed by atoms with Crippen molar-refractivity contribution in [2.24, 2.45) is 0 Å². The number of hydrogen-bond donors (Lipinski definition) is 1. The fourth-order valence-electron chi connectivity index (χ4n) is 1.93. The van der Waals surface area contributed by atoms with E-state index in [1.807, 2.05) is 18.3 Å². The molecule has 3 aromatic rings. The van der Waals surface area contributed by atoms with Crippen molar-refractivity contribution < 1.29 is 0 Å². The van der Waals surface area contributed by atoms with Gasteiger partial charge in [0.2, 0.25) is 5.28 Å². The molecule has 0 spiro atoms. The third kappa shape index (κ3) is 2.01. The number of aromatic nitrogens is 3. The first kappa shape index (κ1) is 10.3. The molecule has 0 amide bonds. The molecule has 0 aliphatic rings. The van der Waals surface area contributed by atoms with E-state index in [2.05, 4.69) is 27.1 Å². The first-order chi connectivity index (χ1) is 8.33. The van der Waals surface area contributed by atoms with Crippen LogP contribution in [0.15, 0.2) is 42.9 Å². The van der Waals surface area contributed by atoms with Crippen molar-refractivity contribution in [1.29, 1.82) is 0 Å². The Bertz CT molecular complexity index is 643. The maximum atomic E-state index is 5.66. The standard InChI is InChI=1S/C13H10ClN3/c14-13-16-6-9(7-17-13)5-10-8-15-12-4-2-1-3-11(10)12/h1-4,6-8,15H,5H2. The summed E-state index contributed by atoms with van der Waals surface area (Å²) < 4.78 is 0. The summed E-state index contributed by atoms with van der Waals surface area (Å²) in [5.74, 6) is 0. The van der Waals surface area contributed by atoms with Crippen LogP contribution in [0.3, 0.4) is 0 Å². The summed E-state index contributed by atoms with van der Waals surface area (Å²) in [6.07, 6.45) is 6.36. The zero-order valence-corrected chi connectivity index (χ0v) is 9.78. The minimum atomic E-state index is 0.285. The van der Waals surface area contributed by atoms with E-state index in [1.54, 1.807) is 12.4 Å². The summed E-state index contributed by atoms with van der Waals surface area (Å²) in [6.45, 7) is 0. The van der Waals surface area contributed by atoms with Gasteiger partial charge in [-0.25, -0.2) is 9.97 Å². The zero-order valence-electron chi connectivity index (χ0n) is 9.02. The van der Waals surface area contributed by atoms with Gasteiger partial charge in [0.1, 0.15) is 0 Å². The van der Waals surface area contributed by atoms with Gasteiger partial charge in [0.15, 0.2) is 0 Å². The lowest BCUT2D eigenvalue weighted by atomic mass is 10.1. The highest BCUT2D eigenvalue weighted by Gasteiger charge is 2.04. The van der Waals surface area contributed by atoms with Gasteiger partial charge < -0.3 is 4.98 Å². The third-order valence-corrected chi connectivity index (χ3v) is 2.94. The Labute approximate surface area is 103 Å². The minimum absolute atomic E-state index is 0.285. The maximum Gasteiger partial charge on any atom is 0.222 e. The summed E-state index contributed by atoms with van der Waals surface area (Å²) in [4.78, 5) is 11.2. The van der Waals surface area contributed by atoms with Crippen LogP contribution in [0.25, 0.3) is 10.9 Å². The zero-order chi connectivity index (χ0) is 11.7. The second kappa shape index (κ2) is 4.18. The van der Waals surface area contributed by atoms with Crippen LogP contribution in [-0.2, 0) is 6.42 Å².